The summed E-state index contributed by atoms with van der Waals surface area (Å²) in [6, 6.07) is 7.99. The van der Waals surface area contributed by atoms with Crippen molar-refractivity contribution in [3.8, 4) is 5.75 Å². The van der Waals surface area contributed by atoms with Gasteiger partial charge in [-0.25, -0.2) is 0 Å². The molecule has 0 saturated carbocycles. The van der Waals surface area contributed by atoms with Crippen LogP contribution in [0.4, 0.5) is 0 Å². The van der Waals surface area contributed by atoms with Gasteiger partial charge < -0.3 is 10.1 Å². The fourth-order valence-electron chi connectivity index (χ4n) is 1.17. The van der Waals surface area contributed by atoms with E-state index in [1.165, 1.54) is 0 Å². The highest BCUT2D eigenvalue weighted by molar-refractivity contribution is 5.83. The van der Waals surface area contributed by atoms with E-state index in [4.69, 9.17) is 0 Å². The predicted octanol–water partition coefficient (Wildman–Crippen LogP) is 0.602. The third-order valence-electron chi connectivity index (χ3n) is 1.71. The monoisotopic (exact) mass is 160 g/mol. The van der Waals surface area contributed by atoms with Gasteiger partial charge in [0.2, 0.25) is 5.56 Å². The van der Waals surface area contributed by atoms with Crippen LogP contribution in [0.1, 0.15) is 0 Å². The molecule has 60 valence electrons. The fourth-order valence-corrected chi connectivity index (χ4v) is 1.17. The average molecular weight is 160 g/mol. The first-order chi connectivity index (χ1) is 5.77. The van der Waals surface area contributed by atoms with Crippen molar-refractivity contribution in [2.24, 2.45) is 0 Å². The van der Waals surface area contributed by atoms with Crippen molar-refractivity contribution in [3.05, 3.63) is 40.7 Å². The molecule has 3 heteroatoms. The summed E-state index contributed by atoms with van der Waals surface area (Å²) in [6.07, 6.45) is 0. The Morgan fingerprint density at radius 1 is 1.25 bits per heavy atom. The number of benzene rings is 1. The van der Waals surface area contributed by atoms with Crippen molar-refractivity contribution in [1.82, 2.24) is 4.98 Å². The molecule has 0 radical (unpaired) electrons. The van der Waals surface area contributed by atoms with Crippen LogP contribution in [0.5, 0.6) is 5.75 Å². The topological polar surface area (TPSA) is 55.9 Å². The van der Waals surface area contributed by atoms with Crippen LogP contribution in [0.25, 0.3) is 10.9 Å². The van der Waals surface area contributed by atoms with E-state index in [0.717, 1.165) is 6.07 Å². The lowest BCUT2D eigenvalue weighted by molar-refractivity contribution is -0.265. The van der Waals surface area contributed by atoms with Crippen LogP contribution in [0.15, 0.2) is 35.1 Å². The summed E-state index contributed by atoms with van der Waals surface area (Å²) < 4.78 is 0. The smallest absolute Gasteiger partial charge is 0.247 e. The molecule has 3 nitrogen and oxygen atoms in total. The average Bonchev–Trinajstić information content (AvgIpc) is 2.04. The zero-order valence-corrected chi connectivity index (χ0v) is 6.20. The molecule has 0 aliphatic carbocycles. The highest BCUT2D eigenvalue weighted by Gasteiger charge is 1.92. The van der Waals surface area contributed by atoms with Crippen molar-refractivity contribution in [2.45, 2.75) is 0 Å². The lowest BCUT2D eigenvalue weighted by Crippen LogP contribution is -2.06. The number of hydrogen-bond acceptors (Lipinski definition) is 2. The summed E-state index contributed by atoms with van der Waals surface area (Å²) in [5.41, 5.74) is 0.244. The van der Waals surface area contributed by atoms with Gasteiger partial charge in [-0.3, -0.25) is 4.79 Å². The number of hydrogen-bond donors (Lipinski definition) is 1. The van der Waals surface area contributed by atoms with Gasteiger partial charge in [0.1, 0.15) is 0 Å². The normalized spacial score (nSPS) is 10.3. The minimum absolute atomic E-state index is 0.227. The second-order valence-electron chi connectivity index (χ2n) is 2.54. The third kappa shape index (κ3) is 0.955. The highest BCUT2D eigenvalue weighted by Crippen LogP contribution is 2.16. The molecule has 2 aromatic rings. The summed E-state index contributed by atoms with van der Waals surface area (Å²) >= 11 is 0. The van der Waals surface area contributed by atoms with Gasteiger partial charge in [0.05, 0.1) is 0 Å². The van der Waals surface area contributed by atoms with Crippen LogP contribution < -0.4 is 10.7 Å². The molecule has 0 atom stereocenters. The minimum Gasteiger partial charge on any atom is -0.872 e. The molecule has 0 fully saturated rings. The summed E-state index contributed by atoms with van der Waals surface area (Å²) in [7, 11) is 0. The number of rotatable bonds is 0. The zero-order chi connectivity index (χ0) is 8.55. The molecule has 1 aromatic heterocycles. The first-order valence-electron chi connectivity index (χ1n) is 3.56. The van der Waals surface area contributed by atoms with E-state index in [1.807, 2.05) is 0 Å². The van der Waals surface area contributed by atoms with Crippen LogP contribution in [-0.2, 0) is 0 Å². The van der Waals surface area contributed by atoms with Gasteiger partial charge in [0.25, 0.3) is 0 Å². The number of nitrogens with one attached hydrogen (secondary N) is 1. The van der Waals surface area contributed by atoms with E-state index >= 15 is 0 Å². The Labute approximate surface area is 68.3 Å². The molecule has 1 aromatic carbocycles. The maximum absolute atomic E-state index is 11.2. The molecule has 1 N–H and O–H groups in total. The molecule has 0 bridgehead atoms. The number of aromatic nitrogens is 1. The maximum Gasteiger partial charge on any atom is 0.247 e. The number of pyridine rings is 1. The van der Waals surface area contributed by atoms with E-state index in [9.17, 15) is 9.90 Å². The molecular weight excluding hydrogens is 154 g/mol. The SMILES string of the molecule is O=c1cc([O-])c2ccccc2[nH]1. The van der Waals surface area contributed by atoms with Crippen LogP contribution in [0.3, 0.4) is 0 Å². The van der Waals surface area contributed by atoms with Crippen LogP contribution in [0, 0.1) is 0 Å². The van der Waals surface area contributed by atoms with E-state index in [-0.39, 0.29) is 11.3 Å². The number of fused-ring (bicyclic) bond motifs is 1. The second kappa shape index (κ2) is 2.37. The molecule has 0 unspecified atom stereocenters. The molecule has 0 aliphatic rings. The first-order valence-corrected chi connectivity index (χ1v) is 3.56. The Hall–Kier alpha value is -1.77. The molecule has 0 saturated heterocycles. The Morgan fingerprint density at radius 2 is 2.00 bits per heavy atom. The Balaban J connectivity index is 2.99. The minimum atomic E-state index is -0.348. The molecule has 0 spiro atoms. The Kier molecular flexibility index (Phi) is 1.37. The van der Waals surface area contributed by atoms with Crippen molar-refractivity contribution < 1.29 is 5.11 Å². The molecule has 0 amide bonds. The number of para-hydroxylation sites is 1. The van der Waals surface area contributed by atoms with Crippen molar-refractivity contribution in [3.63, 3.8) is 0 Å². The molecule has 1 heterocycles. The maximum atomic E-state index is 11.2. The largest absolute Gasteiger partial charge is 0.872 e. The zero-order valence-electron chi connectivity index (χ0n) is 6.20. The van der Waals surface area contributed by atoms with E-state index in [2.05, 4.69) is 4.98 Å². The van der Waals surface area contributed by atoms with Gasteiger partial charge in [0, 0.05) is 5.52 Å². The van der Waals surface area contributed by atoms with Crippen molar-refractivity contribution >= 4 is 10.9 Å². The van der Waals surface area contributed by atoms with Gasteiger partial charge in [-0.2, -0.15) is 0 Å². The standard InChI is InChI=1S/C9H7NO2/c11-8-5-9(12)10-7-4-2-1-3-6(7)8/h1-5H,(H2,10,11,12)/p-1. The van der Waals surface area contributed by atoms with Crippen molar-refractivity contribution in [2.75, 3.05) is 0 Å². The van der Waals surface area contributed by atoms with Crippen LogP contribution in [0.2, 0.25) is 0 Å². The third-order valence-corrected chi connectivity index (χ3v) is 1.71. The quantitative estimate of drug-likeness (QED) is 0.613. The van der Waals surface area contributed by atoms with Gasteiger partial charge >= 0.3 is 0 Å². The Morgan fingerprint density at radius 3 is 2.83 bits per heavy atom. The summed E-state index contributed by atoms with van der Waals surface area (Å²) in [5, 5.41) is 11.7. The summed E-state index contributed by atoms with van der Waals surface area (Å²) in [6.45, 7) is 0. The second-order valence-corrected chi connectivity index (χ2v) is 2.54. The predicted molar refractivity (Wildman–Crippen MR) is 44.0 cm³/mol. The summed E-state index contributed by atoms with van der Waals surface area (Å²) in [5.74, 6) is -0.227. The molecule has 0 aliphatic heterocycles. The van der Waals surface area contributed by atoms with Crippen LogP contribution >= 0.6 is 0 Å². The van der Waals surface area contributed by atoms with Gasteiger partial charge in [-0.15, -0.1) is 0 Å². The van der Waals surface area contributed by atoms with Crippen LogP contribution in [-0.4, -0.2) is 4.98 Å². The van der Waals surface area contributed by atoms with Gasteiger partial charge in [-0.1, -0.05) is 23.9 Å². The van der Waals surface area contributed by atoms with Gasteiger partial charge in [-0.05, 0) is 17.5 Å². The fraction of sp³-hybridized carbons (Fsp3) is 0. The lowest BCUT2D eigenvalue weighted by atomic mass is 10.2. The molecular formula is C9H6NO2-. The van der Waals surface area contributed by atoms with Crippen molar-refractivity contribution in [1.29, 1.82) is 0 Å². The molecule has 12 heavy (non-hydrogen) atoms. The highest BCUT2D eigenvalue weighted by atomic mass is 16.3. The Bertz CT molecular complexity index is 473. The number of aromatic amines is 1. The molecule has 2 rings (SSSR count). The van der Waals surface area contributed by atoms with E-state index < -0.39 is 0 Å². The summed E-state index contributed by atoms with van der Waals surface area (Å²) in [4.78, 5) is 13.4. The lowest BCUT2D eigenvalue weighted by Gasteiger charge is -2.07. The number of H-pyrrole nitrogens is 1. The first kappa shape index (κ1) is 6.91. The van der Waals surface area contributed by atoms with E-state index in [1.54, 1.807) is 24.3 Å². The van der Waals surface area contributed by atoms with E-state index in [0.29, 0.717) is 10.9 Å². The van der Waals surface area contributed by atoms with Gasteiger partial charge in [0.15, 0.2) is 0 Å².